The van der Waals surface area contributed by atoms with Crippen molar-refractivity contribution in [3.63, 3.8) is 0 Å². The van der Waals surface area contributed by atoms with Crippen LogP contribution >= 0.6 is 0 Å². The first-order valence-electron chi connectivity index (χ1n) is 8.01. The van der Waals surface area contributed by atoms with E-state index < -0.39 is 11.7 Å². The van der Waals surface area contributed by atoms with Gasteiger partial charge in [0.2, 0.25) is 5.88 Å². The van der Waals surface area contributed by atoms with Crippen molar-refractivity contribution in [2.45, 2.75) is 6.54 Å². The van der Waals surface area contributed by atoms with E-state index in [2.05, 4.69) is 0 Å². The molecule has 1 heterocycles. The predicted octanol–water partition coefficient (Wildman–Crippen LogP) is 2.11. The van der Waals surface area contributed by atoms with E-state index >= 15 is 0 Å². The van der Waals surface area contributed by atoms with E-state index in [1.165, 1.54) is 43.2 Å². The van der Waals surface area contributed by atoms with Crippen LogP contribution in [0.3, 0.4) is 0 Å². The maximum absolute atomic E-state index is 12.8. The van der Waals surface area contributed by atoms with Gasteiger partial charge >= 0.3 is 11.7 Å². The summed E-state index contributed by atoms with van der Waals surface area (Å²) in [6.45, 7) is 0.137. The topological polar surface area (TPSA) is 103 Å². The summed E-state index contributed by atoms with van der Waals surface area (Å²) < 4.78 is 13.0. The molecule has 27 heavy (non-hydrogen) atoms. The van der Waals surface area contributed by atoms with Gasteiger partial charge in [-0.2, -0.15) is 0 Å². The molecule has 3 rings (SSSR count). The maximum Gasteiger partial charge on any atom is 0.336 e. The number of carboxylic acid groups (broad SMARTS) is 1. The zero-order valence-corrected chi connectivity index (χ0v) is 14.7. The highest BCUT2D eigenvalue weighted by Gasteiger charge is 2.16. The third-order valence-corrected chi connectivity index (χ3v) is 4.11. The Hall–Kier alpha value is -3.68. The molecule has 3 aromatic rings. The lowest BCUT2D eigenvalue weighted by atomic mass is 10.2. The van der Waals surface area contributed by atoms with E-state index in [1.807, 2.05) is 0 Å². The second kappa shape index (κ2) is 7.28. The molecule has 8 nitrogen and oxygen atoms in total. The number of carbonyl (C=O) groups is 1. The molecular weight excluding hydrogens is 352 g/mol. The number of aromatic carboxylic acids is 1. The minimum atomic E-state index is -1.12. The number of benzene rings is 2. The lowest BCUT2D eigenvalue weighted by Crippen LogP contribution is -2.23. The summed E-state index contributed by atoms with van der Waals surface area (Å²) in [5.74, 6) is -0.401. The van der Waals surface area contributed by atoms with Crippen LogP contribution in [-0.4, -0.2) is 39.5 Å². The standard InChI is InChI=1S/C19H18N2O6/c1-26-15-8-4-6-13(17(15)27-2)10-20-11-16(22)21(19(20)25)14-7-3-5-12(9-14)18(23)24/h3-9,11,22H,10H2,1-2H3,(H,23,24). The van der Waals surface area contributed by atoms with Crippen LogP contribution in [0.15, 0.2) is 53.5 Å². The molecule has 0 aliphatic heterocycles. The van der Waals surface area contributed by atoms with Crippen molar-refractivity contribution in [2.75, 3.05) is 14.2 Å². The summed E-state index contributed by atoms with van der Waals surface area (Å²) >= 11 is 0. The van der Waals surface area contributed by atoms with Gasteiger partial charge in [-0.15, -0.1) is 0 Å². The Labute approximate surface area is 154 Å². The van der Waals surface area contributed by atoms with Gasteiger partial charge in [-0.05, 0) is 24.3 Å². The summed E-state index contributed by atoms with van der Waals surface area (Å²) in [7, 11) is 3.02. The van der Waals surface area contributed by atoms with Crippen molar-refractivity contribution in [3.05, 3.63) is 70.3 Å². The number of ether oxygens (including phenoxy) is 2. The fourth-order valence-electron chi connectivity index (χ4n) is 2.87. The SMILES string of the molecule is COc1cccc(Cn2cc(O)n(-c3cccc(C(=O)O)c3)c2=O)c1OC. The van der Waals surface area contributed by atoms with Crippen LogP contribution in [0.5, 0.6) is 17.4 Å². The van der Waals surface area contributed by atoms with Crippen LogP contribution in [-0.2, 0) is 6.54 Å². The molecule has 8 heteroatoms. The number of carboxylic acids is 1. The molecule has 140 valence electrons. The number of para-hydroxylation sites is 1. The number of methoxy groups -OCH3 is 2. The van der Waals surface area contributed by atoms with Gasteiger partial charge in [0.15, 0.2) is 11.5 Å². The lowest BCUT2D eigenvalue weighted by molar-refractivity contribution is 0.0697. The Morgan fingerprint density at radius 1 is 1.11 bits per heavy atom. The third kappa shape index (κ3) is 3.37. The monoisotopic (exact) mass is 370 g/mol. The molecule has 0 fully saturated rings. The van der Waals surface area contributed by atoms with Gasteiger partial charge in [-0.3, -0.25) is 4.57 Å². The predicted molar refractivity (Wildman–Crippen MR) is 97.3 cm³/mol. The van der Waals surface area contributed by atoms with Gasteiger partial charge in [-0.25, -0.2) is 14.2 Å². The fraction of sp³-hybridized carbons (Fsp3) is 0.158. The van der Waals surface area contributed by atoms with Crippen molar-refractivity contribution in [1.29, 1.82) is 0 Å². The molecule has 0 aliphatic carbocycles. The normalized spacial score (nSPS) is 10.6. The molecule has 0 saturated carbocycles. The van der Waals surface area contributed by atoms with Crippen molar-refractivity contribution < 1.29 is 24.5 Å². The summed E-state index contributed by atoms with van der Waals surface area (Å²) in [5.41, 5.74) is 0.449. The zero-order chi connectivity index (χ0) is 19.6. The van der Waals surface area contributed by atoms with Gasteiger partial charge in [0.1, 0.15) is 0 Å². The van der Waals surface area contributed by atoms with Gasteiger partial charge < -0.3 is 19.7 Å². The van der Waals surface area contributed by atoms with Crippen molar-refractivity contribution >= 4 is 5.97 Å². The van der Waals surface area contributed by atoms with E-state index in [-0.39, 0.29) is 23.7 Å². The Kier molecular flexibility index (Phi) is 4.89. The smallest absolute Gasteiger partial charge is 0.336 e. The van der Waals surface area contributed by atoms with Crippen LogP contribution in [0.4, 0.5) is 0 Å². The zero-order valence-electron chi connectivity index (χ0n) is 14.7. The Morgan fingerprint density at radius 2 is 1.85 bits per heavy atom. The van der Waals surface area contributed by atoms with Gasteiger partial charge in [-0.1, -0.05) is 18.2 Å². The molecule has 0 unspecified atom stereocenters. The van der Waals surface area contributed by atoms with Crippen LogP contribution in [0.25, 0.3) is 5.69 Å². The van der Waals surface area contributed by atoms with Crippen LogP contribution in [0, 0.1) is 0 Å². The van der Waals surface area contributed by atoms with E-state index in [1.54, 1.807) is 24.3 Å². The molecule has 2 N–H and O–H groups in total. The van der Waals surface area contributed by atoms with Gasteiger partial charge in [0.25, 0.3) is 0 Å². The molecule has 0 saturated heterocycles. The highest BCUT2D eigenvalue weighted by Crippen LogP contribution is 2.31. The number of hydrogen-bond donors (Lipinski definition) is 2. The molecule has 0 radical (unpaired) electrons. The van der Waals surface area contributed by atoms with Crippen LogP contribution in [0.2, 0.25) is 0 Å². The molecule has 0 spiro atoms. The molecule has 1 aromatic heterocycles. The quantitative estimate of drug-likeness (QED) is 0.689. The Morgan fingerprint density at radius 3 is 2.52 bits per heavy atom. The number of imidazole rings is 1. The number of hydrogen-bond acceptors (Lipinski definition) is 5. The summed E-state index contributed by atoms with van der Waals surface area (Å²) in [6, 6.07) is 11.1. The molecular formula is C19H18N2O6. The highest BCUT2D eigenvalue weighted by molar-refractivity contribution is 5.88. The van der Waals surface area contributed by atoms with Crippen LogP contribution < -0.4 is 15.2 Å². The molecule has 0 amide bonds. The fourth-order valence-corrected chi connectivity index (χ4v) is 2.87. The van der Waals surface area contributed by atoms with Crippen molar-refractivity contribution in [2.24, 2.45) is 0 Å². The summed E-state index contributed by atoms with van der Waals surface area (Å²) in [4.78, 5) is 23.9. The van der Waals surface area contributed by atoms with Crippen LogP contribution in [0.1, 0.15) is 15.9 Å². The molecule has 0 bridgehead atoms. The van der Waals surface area contributed by atoms with Crippen molar-refractivity contribution in [3.8, 4) is 23.1 Å². The van der Waals surface area contributed by atoms with E-state index in [9.17, 15) is 14.7 Å². The summed E-state index contributed by atoms with van der Waals surface area (Å²) in [6.07, 6.45) is 1.29. The first-order chi connectivity index (χ1) is 13.0. The molecule has 2 aromatic carbocycles. The minimum absolute atomic E-state index is 0.0148. The lowest BCUT2D eigenvalue weighted by Gasteiger charge is -2.12. The summed E-state index contributed by atoms with van der Waals surface area (Å²) in [5, 5.41) is 19.4. The van der Waals surface area contributed by atoms with E-state index in [0.29, 0.717) is 17.1 Å². The Bertz CT molecular complexity index is 1050. The number of nitrogens with zero attached hydrogens (tertiary/aromatic N) is 2. The largest absolute Gasteiger partial charge is 0.493 e. The second-order valence-electron chi connectivity index (χ2n) is 5.74. The minimum Gasteiger partial charge on any atom is -0.493 e. The highest BCUT2D eigenvalue weighted by atomic mass is 16.5. The first-order valence-corrected chi connectivity index (χ1v) is 8.01. The third-order valence-electron chi connectivity index (χ3n) is 4.11. The first kappa shape index (κ1) is 18.1. The number of aromatic hydroxyl groups is 1. The average molecular weight is 370 g/mol. The van der Waals surface area contributed by atoms with E-state index in [0.717, 1.165) is 4.57 Å². The van der Waals surface area contributed by atoms with Gasteiger partial charge in [0, 0.05) is 5.56 Å². The van der Waals surface area contributed by atoms with E-state index in [4.69, 9.17) is 14.6 Å². The maximum atomic E-state index is 12.8. The molecule has 0 atom stereocenters. The van der Waals surface area contributed by atoms with Crippen molar-refractivity contribution in [1.82, 2.24) is 9.13 Å². The Balaban J connectivity index is 2.04. The number of aromatic nitrogens is 2. The molecule has 0 aliphatic rings. The van der Waals surface area contributed by atoms with Gasteiger partial charge in [0.05, 0.1) is 38.2 Å². The average Bonchev–Trinajstić information content (AvgIpc) is 2.94. The number of rotatable bonds is 6. The second-order valence-corrected chi connectivity index (χ2v) is 5.74.